The van der Waals surface area contributed by atoms with Gasteiger partial charge >= 0.3 is 0 Å². The second-order valence-corrected chi connectivity index (χ2v) is 2.24. The average Bonchev–Trinajstić information content (AvgIpc) is 1.89. The van der Waals surface area contributed by atoms with Crippen molar-refractivity contribution in [2.24, 2.45) is 0 Å². The van der Waals surface area contributed by atoms with Gasteiger partial charge in [0.2, 0.25) is 0 Å². The zero-order valence-corrected chi connectivity index (χ0v) is 6.65. The summed E-state index contributed by atoms with van der Waals surface area (Å²) in [4.78, 5) is 0. The lowest BCUT2D eigenvalue weighted by molar-refractivity contribution is 0.711. The minimum Gasteiger partial charge on any atom is -0.388 e. The van der Waals surface area contributed by atoms with Crippen LogP contribution in [0.3, 0.4) is 0 Å². The summed E-state index contributed by atoms with van der Waals surface area (Å²) >= 11 is 0. The molecule has 0 spiro atoms. The fourth-order valence-electron chi connectivity index (χ4n) is 0.610. The molecule has 0 bridgehead atoms. The lowest BCUT2D eigenvalue weighted by Crippen LogP contribution is -2.11. The van der Waals surface area contributed by atoms with Crippen LogP contribution in [0.5, 0.6) is 0 Å². The zero-order chi connectivity index (χ0) is 7.82. The van der Waals surface area contributed by atoms with E-state index in [0.29, 0.717) is 0 Å². The molecular weight excluding hydrogens is 124 g/mol. The first-order valence-corrected chi connectivity index (χ1v) is 3.61. The van der Waals surface area contributed by atoms with Crippen molar-refractivity contribution in [2.75, 3.05) is 6.54 Å². The van der Waals surface area contributed by atoms with E-state index in [0.717, 1.165) is 18.7 Å². The Balaban J connectivity index is 3.32. The van der Waals surface area contributed by atoms with Gasteiger partial charge in [-0.1, -0.05) is 13.3 Å². The van der Waals surface area contributed by atoms with Gasteiger partial charge in [-0.15, -0.1) is 0 Å². The first-order valence-electron chi connectivity index (χ1n) is 3.61. The van der Waals surface area contributed by atoms with Crippen molar-refractivity contribution in [2.45, 2.75) is 26.7 Å². The van der Waals surface area contributed by atoms with E-state index in [2.05, 4.69) is 12.2 Å². The van der Waals surface area contributed by atoms with Crippen molar-refractivity contribution in [1.82, 2.24) is 5.32 Å². The molecule has 56 valence electrons. The van der Waals surface area contributed by atoms with Gasteiger partial charge in [-0.25, -0.2) is 0 Å². The number of nitrogens with zero attached hydrogens (tertiary/aromatic N) is 1. The topological polar surface area (TPSA) is 35.8 Å². The van der Waals surface area contributed by atoms with Gasteiger partial charge in [0.1, 0.15) is 0 Å². The van der Waals surface area contributed by atoms with E-state index in [1.165, 1.54) is 12.5 Å². The fourth-order valence-corrected chi connectivity index (χ4v) is 0.610. The number of hydrogen-bond acceptors (Lipinski definition) is 2. The lowest BCUT2D eigenvalue weighted by atomic mass is 10.3. The molecule has 0 amide bonds. The molecular formula is C8H14N2. The van der Waals surface area contributed by atoms with E-state index in [-0.39, 0.29) is 0 Å². The Morgan fingerprint density at radius 2 is 2.40 bits per heavy atom. The van der Waals surface area contributed by atoms with Crippen LogP contribution in [0.2, 0.25) is 0 Å². The van der Waals surface area contributed by atoms with Gasteiger partial charge in [0, 0.05) is 18.3 Å². The van der Waals surface area contributed by atoms with Crippen LogP contribution in [0.4, 0.5) is 0 Å². The number of hydrogen-bond donors (Lipinski definition) is 1. The third-order valence-electron chi connectivity index (χ3n) is 1.22. The normalized spacial score (nSPS) is 10.7. The molecule has 2 nitrogen and oxygen atoms in total. The molecule has 0 aromatic heterocycles. The molecule has 1 N–H and O–H groups in total. The summed E-state index contributed by atoms with van der Waals surface area (Å²) in [5, 5.41) is 11.3. The molecule has 0 atom stereocenters. The highest BCUT2D eigenvalue weighted by Crippen LogP contribution is 1.87. The number of allylic oxidation sites excluding steroid dienone is 2. The highest BCUT2D eigenvalue weighted by atomic mass is 14.9. The second kappa shape index (κ2) is 6.15. The molecule has 0 aromatic rings. The third kappa shape index (κ3) is 5.17. The third-order valence-corrected chi connectivity index (χ3v) is 1.22. The Kier molecular flexibility index (Phi) is 5.56. The number of unbranched alkanes of at least 4 members (excludes halogenated alkanes) is 1. The number of nitrogens with one attached hydrogen (secondary N) is 1. The van der Waals surface area contributed by atoms with Gasteiger partial charge < -0.3 is 5.32 Å². The molecule has 10 heavy (non-hydrogen) atoms. The summed E-state index contributed by atoms with van der Waals surface area (Å²) in [5.74, 6) is 0. The molecule has 0 heterocycles. The van der Waals surface area contributed by atoms with E-state index >= 15 is 0 Å². The maximum absolute atomic E-state index is 8.23. The highest BCUT2D eigenvalue weighted by molar-refractivity contribution is 5.09. The summed E-state index contributed by atoms with van der Waals surface area (Å²) in [5.41, 5.74) is 0.955. The Morgan fingerprint density at radius 1 is 1.70 bits per heavy atom. The van der Waals surface area contributed by atoms with E-state index < -0.39 is 0 Å². The lowest BCUT2D eigenvalue weighted by Gasteiger charge is -2.01. The molecule has 0 saturated carbocycles. The minimum absolute atomic E-state index is 0.955. The van der Waals surface area contributed by atoms with Gasteiger partial charge in [0.05, 0.1) is 6.07 Å². The van der Waals surface area contributed by atoms with Gasteiger partial charge in [0.25, 0.3) is 0 Å². The molecule has 0 aliphatic rings. The van der Waals surface area contributed by atoms with E-state index in [1.54, 1.807) is 0 Å². The first-order chi connectivity index (χ1) is 4.81. The maximum atomic E-state index is 8.23. The molecule has 0 aromatic carbocycles. The monoisotopic (exact) mass is 138 g/mol. The summed E-state index contributed by atoms with van der Waals surface area (Å²) in [7, 11) is 0. The predicted octanol–water partition coefficient (Wildman–Crippen LogP) is 1.80. The fraction of sp³-hybridized carbons (Fsp3) is 0.625. The van der Waals surface area contributed by atoms with Crippen molar-refractivity contribution in [3.05, 3.63) is 11.8 Å². The molecule has 0 unspecified atom stereocenters. The Morgan fingerprint density at radius 3 is 2.90 bits per heavy atom. The van der Waals surface area contributed by atoms with Crippen LogP contribution in [-0.4, -0.2) is 6.54 Å². The van der Waals surface area contributed by atoms with Crippen LogP contribution in [0, 0.1) is 11.3 Å². The largest absolute Gasteiger partial charge is 0.388 e. The van der Waals surface area contributed by atoms with Gasteiger partial charge in [-0.3, -0.25) is 0 Å². The maximum Gasteiger partial charge on any atom is 0.0930 e. The van der Waals surface area contributed by atoms with Crippen LogP contribution in [0.1, 0.15) is 26.7 Å². The van der Waals surface area contributed by atoms with Crippen molar-refractivity contribution in [3.63, 3.8) is 0 Å². The highest BCUT2D eigenvalue weighted by Gasteiger charge is 1.84. The van der Waals surface area contributed by atoms with Gasteiger partial charge in [0.15, 0.2) is 0 Å². The molecule has 2 heteroatoms. The summed E-state index contributed by atoms with van der Waals surface area (Å²) in [6, 6.07) is 1.97. The first kappa shape index (κ1) is 9.03. The molecule has 0 saturated heterocycles. The van der Waals surface area contributed by atoms with Crippen molar-refractivity contribution in [1.29, 1.82) is 5.26 Å². The minimum atomic E-state index is 0.955. The summed E-state index contributed by atoms with van der Waals surface area (Å²) in [6.07, 6.45) is 3.87. The Labute approximate surface area is 62.5 Å². The van der Waals surface area contributed by atoms with Gasteiger partial charge in [-0.2, -0.15) is 5.26 Å². The van der Waals surface area contributed by atoms with Gasteiger partial charge in [-0.05, 0) is 13.3 Å². The summed E-state index contributed by atoms with van der Waals surface area (Å²) < 4.78 is 0. The van der Waals surface area contributed by atoms with Crippen LogP contribution >= 0.6 is 0 Å². The Bertz CT molecular complexity index is 142. The molecule has 0 aliphatic carbocycles. The van der Waals surface area contributed by atoms with Crippen LogP contribution in [0.15, 0.2) is 11.8 Å². The van der Waals surface area contributed by atoms with Crippen molar-refractivity contribution >= 4 is 0 Å². The molecule has 0 aliphatic heterocycles. The van der Waals surface area contributed by atoms with Crippen molar-refractivity contribution in [3.8, 4) is 6.07 Å². The van der Waals surface area contributed by atoms with E-state index in [4.69, 9.17) is 5.26 Å². The quantitative estimate of drug-likeness (QED) is 0.475. The zero-order valence-electron chi connectivity index (χ0n) is 6.65. The molecule has 0 fully saturated rings. The van der Waals surface area contributed by atoms with Crippen molar-refractivity contribution < 1.29 is 0 Å². The number of rotatable bonds is 4. The van der Waals surface area contributed by atoms with Crippen LogP contribution in [0.25, 0.3) is 0 Å². The average molecular weight is 138 g/mol. The van der Waals surface area contributed by atoms with Crippen LogP contribution in [-0.2, 0) is 0 Å². The molecule has 0 rings (SSSR count). The van der Waals surface area contributed by atoms with E-state index in [1.807, 2.05) is 13.0 Å². The second-order valence-electron chi connectivity index (χ2n) is 2.24. The smallest absolute Gasteiger partial charge is 0.0930 e. The van der Waals surface area contributed by atoms with Crippen LogP contribution < -0.4 is 5.32 Å². The Hall–Kier alpha value is -0.970. The van der Waals surface area contributed by atoms with E-state index in [9.17, 15) is 0 Å². The standard InChI is InChI=1S/C8H14N2/c1-3-4-7-10-8(2)5-6-9/h5,10H,3-4,7H2,1-2H3/b8-5+. The summed E-state index contributed by atoms with van der Waals surface area (Å²) in [6.45, 7) is 5.02. The predicted molar refractivity (Wildman–Crippen MR) is 42.3 cm³/mol. The number of nitriles is 1. The SMILES string of the molecule is CCCCN/C(C)=C/C#N. The molecule has 0 radical (unpaired) electrons.